The highest BCUT2D eigenvalue weighted by atomic mass is 19.1. The standard InChI is InChI=1S/C11H16FNO/c1-9-3-5-10(6-4-9)13(2)8-11(14)7-12/h3-6,11,14H,7-8H2,1-2H3. The number of halogens is 1. The molecule has 0 heterocycles. The van der Waals surface area contributed by atoms with Crippen molar-refractivity contribution in [2.45, 2.75) is 13.0 Å². The summed E-state index contributed by atoms with van der Waals surface area (Å²) in [6.45, 7) is 1.63. The average molecular weight is 197 g/mol. The number of hydrogen-bond donors (Lipinski definition) is 1. The molecule has 14 heavy (non-hydrogen) atoms. The van der Waals surface area contributed by atoms with Gasteiger partial charge < -0.3 is 10.0 Å². The first-order valence-corrected chi connectivity index (χ1v) is 4.65. The number of rotatable bonds is 4. The molecule has 0 aliphatic heterocycles. The molecule has 0 aliphatic rings. The van der Waals surface area contributed by atoms with Crippen LogP contribution in [0.2, 0.25) is 0 Å². The SMILES string of the molecule is Cc1ccc(N(C)CC(O)CF)cc1. The van der Waals surface area contributed by atoms with Crippen LogP contribution in [0.15, 0.2) is 24.3 Å². The molecule has 1 rings (SSSR count). The molecular formula is C11H16FNO. The van der Waals surface area contributed by atoms with Gasteiger partial charge in [0.1, 0.15) is 6.67 Å². The third-order valence-electron chi connectivity index (χ3n) is 2.14. The maximum Gasteiger partial charge on any atom is 0.117 e. The summed E-state index contributed by atoms with van der Waals surface area (Å²) >= 11 is 0. The topological polar surface area (TPSA) is 23.5 Å². The minimum absolute atomic E-state index is 0.319. The molecular weight excluding hydrogens is 181 g/mol. The Morgan fingerprint density at radius 1 is 1.36 bits per heavy atom. The van der Waals surface area contributed by atoms with Crippen molar-refractivity contribution in [1.29, 1.82) is 0 Å². The molecule has 2 nitrogen and oxygen atoms in total. The number of alkyl halides is 1. The summed E-state index contributed by atoms with van der Waals surface area (Å²) in [6, 6.07) is 7.90. The molecule has 78 valence electrons. The number of likely N-dealkylation sites (N-methyl/N-ethyl adjacent to an activating group) is 1. The summed E-state index contributed by atoms with van der Waals surface area (Å²) in [7, 11) is 1.84. The van der Waals surface area contributed by atoms with Gasteiger partial charge in [0.25, 0.3) is 0 Å². The van der Waals surface area contributed by atoms with Crippen LogP contribution in [0.4, 0.5) is 10.1 Å². The predicted molar refractivity (Wildman–Crippen MR) is 56.4 cm³/mol. The van der Waals surface area contributed by atoms with E-state index in [2.05, 4.69) is 0 Å². The van der Waals surface area contributed by atoms with Crippen LogP contribution in [0.25, 0.3) is 0 Å². The Bertz CT molecular complexity index is 273. The number of aryl methyl sites for hydroxylation is 1. The van der Waals surface area contributed by atoms with E-state index in [0.717, 1.165) is 5.69 Å². The number of hydrogen-bond acceptors (Lipinski definition) is 2. The van der Waals surface area contributed by atoms with Crippen molar-refractivity contribution in [1.82, 2.24) is 0 Å². The van der Waals surface area contributed by atoms with Crippen LogP contribution in [0.3, 0.4) is 0 Å². The highest BCUT2D eigenvalue weighted by Gasteiger charge is 2.07. The zero-order valence-electron chi connectivity index (χ0n) is 8.57. The number of anilines is 1. The van der Waals surface area contributed by atoms with E-state index in [0.29, 0.717) is 6.54 Å². The van der Waals surface area contributed by atoms with E-state index in [1.165, 1.54) is 5.56 Å². The van der Waals surface area contributed by atoms with E-state index in [1.54, 1.807) is 0 Å². The second kappa shape index (κ2) is 4.96. The van der Waals surface area contributed by atoms with Crippen molar-refractivity contribution in [3.8, 4) is 0 Å². The molecule has 1 atom stereocenters. The van der Waals surface area contributed by atoms with E-state index < -0.39 is 12.8 Å². The molecule has 1 aromatic carbocycles. The van der Waals surface area contributed by atoms with Crippen molar-refractivity contribution >= 4 is 5.69 Å². The van der Waals surface area contributed by atoms with Crippen molar-refractivity contribution in [2.24, 2.45) is 0 Å². The molecule has 1 N–H and O–H groups in total. The summed E-state index contributed by atoms with van der Waals surface area (Å²) in [5, 5.41) is 9.13. The van der Waals surface area contributed by atoms with Gasteiger partial charge in [-0.1, -0.05) is 17.7 Å². The number of aliphatic hydroxyl groups is 1. The summed E-state index contributed by atoms with van der Waals surface area (Å²) in [6.07, 6.45) is -0.902. The monoisotopic (exact) mass is 197 g/mol. The van der Waals surface area contributed by atoms with Gasteiger partial charge >= 0.3 is 0 Å². The summed E-state index contributed by atoms with van der Waals surface area (Å²) in [5.74, 6) is 0. The molecule has 0 aromatic heterocycles. The first kappa shape index (κ1) is 11.0. The Kier molecular flexibility index (Phi) is 3.89. The summed E-state index contributed by atoms with van der Waals surface area (Å²) < 4.78 is 12.1. The Morgan fingerprint density at radius 2 is 1.93 bits per heavy atom. The van der Waals surface area contributed by atoms with E-state index >= 15 is 0 Å². The quantitative estimate of drug-likeness (QED) is 0.795. The molecule has 0 fully saturated rings. The molecule has 0 saturated carbocycles. The third kappa shape index (κ3) is 3.00. The van der Waals surface area contributed by atoms with E-state index in [1.807, 2.05) is 43.1 Å². The lowest BCUT2D eigenvalue weighted by molar-refractivity contribution is 0.146. The first-order chi connectivity index (χ1) is 6.63. The average Bonchev–Trinajstić information content (AvgIpc) is 2.18. The van der Waals surface area contributed by atoms with Crippen LogP contribution in [-0.2, 0) is 0 Å². The van der Waals surface area contributed by atoms with E-state index in [-0.39, 0.29) is 0 Å². The van der Waals surface area contributed by atoms with Gasteiger partial charge in [-0.15, -0.1) is 0 Å². The maximum absolute atomic E-state index is 12.1. The molecule has 3 heteroatoms. The second-order valence-electron chi connectivity index (χ2n) is 3.52. The third-order valence-corrected chi connectivity index (χ3v) is 2.14. The van der Waals surface area contributed by atoms with Crippen molar-refractivity contribution < 1.29 is 9.50 Å². The number of aliphatic hydroxyl groups excluding tert-OH is 1. The van der Waals surface area contributed by atoms with Gasteiger partial charge in [-0.25, -0.2) is 4.39 Å². The zero-order valence-corrected chi connectivity index (χ0v) is 8.57. The Labute approximate surface area is 84.0 Å². The van der Waals surface area contributed by atoms with Crippen LogP contribution < -0.4 is 4.90 Å². The molecule has 0 spiro atoms. The van der Waals surface area contributed by atoms with Gasteiger partial charge in [0.2, 0.25) is 0 Å². The normalized spacial score (nSPS) is 12.6. The van der Waals surface area contributed by atoms with Gasteiger partial charge in [-0.3, -0.25) is 0 Å². The second-order valence-corrected chi connectivity index (χ2v) is 3.52. The maximum atomic E-state index is 12.1. The van der Waals surface area contributed by atoms with E-state index in [9.17, 15) is 4.39 Å². The van der Waals surface area contributed by atoms with Gasteiger partial charge in [0.15, 0.2) is 0 Å². The fraction of sp³-hybridized carbons (Fsp3) is 0.455. The Balaban J connectivity index is 2.60. The van der Waals surface area contributed by atoms with Gasteiger partial charge in [0.05, 0.1) is 6.10 Å². The molecule has 0 bridgehead atoms. The molecule has 1 aromatic rings. The molecule has 0 aliphatic carbocycles. The van der Waals surface area contributed by atoms with Crippen LogP contribution in [0.1, 0.15) is 5.56 Å². The lowest BCUT2D eigenvalue weighted by Gasteiger charge is -2.21. The minimum Gasteiger partial charge on any atom is -0.389 e. The summed E-state index contributed by atoms with van der Waals surface area (Å²) in [5.41, 5.74) is 2.18. The van der Waals surface area contributed by atoms with Crippen molar-refractivity contribution in [2.75, 3.05) is 25.2 Å². The van der Waals surface area contributed by atoms with Crippen molar-refractivity contribution in [3.63, 3.8) is 0 Å². The molecule has 0 amide bonds. The molecule has 1 unspecified atom stereocenters. The van der Waals surface area contributed by atoms with Crippen LogP contribution >= 0.6 is 0 Å². The summed E-state index contributed by atoms with van der Waals surface area (Å²) in [4.78, 5) is 1.84. The fourth-order valence-electron chi connectivity index (χ4n) is 1.27. The molecule has 0 saturated heterocycles. The Morgan fingerprint density at radius 3 is 2.43 bits per heavy atom. The zero-order chi connectivity index (χ0) is 10.6. The van der Waals surface area contributed by atoms with Crippen molar-refractivity contribution in [3.05, 3.63) is 29.8 Å². The van der Waals surface area contributed by atoms with Crippen LogP contribution in [-0.4, -0.2) is 31.5 Å². The lowest BCUT2D eigenvalue weighted by atomic mass is 10.2. The van der Waals surface area contributed by atoms with Crippen LogP contribution in [0, 0.1) is 6.92 Å². The Hall–Kier alpha value is -1.09. The smallest absolute Gasteiger partial charge is 0.117 e. The predicted octanol–water partition coefficient (Wildman–Crippen LogP) is 1.76. The fourth-order valence-corrected chi connectivity index (χ4v) is 1.27. The minimum atomic E-state index is -0.902. The largest absolute Gasteiger partial charge is 0.389 e. The van der Waals surface area contributed by atoms with Crippen LogP contribution in [0.5, 0.6) is 0 Å². The van der Waals surface area contributed by atoms with Gasteiger partial charge in [0, 0.05) is 19.3 Å². The first-order valence-electron chi connectivity index (χ1n) is 4.65. The lowest BCUT2D eigenvalue weighted by Crippen LogP contribution is -2.30. The highest BCUT2D eigenvalue weighted by Crippen LogP contribution is 2.13. The highest BCUT2D eigenvalue weighted by molar-refractivity contribution is 5.46. The molecule has 0 radical (unpaired) electrons. The van der Waals surface area contributed by atoms with E-state index in [4.69, 9.17) is 5.11 Å². The number of nitrogens with zero attached hydrogens (tertiary/aromatic N) is 1. The van der Waals surface area contributed by atoms with Gasteiger partial charge in [-0.2, -0.15) is 0 Å². The van der Waals surface area contributed by atoms with Gasteiger partial charge in [-0.05, 0) is 19.1 Å². The number of benzene rings is 1.